The van der Waals surface area contributed by atoms with Crippen LogP contribution < -0.4 is 0 Å². The van der Waals surface area contributed by atoms with Crippen LogP contribution in [0.25, 0.3) is 0 Å². The smallest absolute Gasteiger partial charge is 0.119 e. The average molecular weight is 325 g/mol. The van der Waals surface area contributed by atoms with Crippen LogP contribution in [-0.4, -0.2) is 32.1 Å². The van der Waals surface area contributed by atoms with Gasteiger partial charge < -0.3 is 9.64 Å². The second kappa shape index (κ2) is 7.25. The topological polar surface area (TPSA) is 12.5 Å². The number of nitrogens with zero attached hydrogens (tertiary/aromatic N) is 1. The molecule has 0 saturated heterocycles. The maximum absolute atomic E-state index is 6.60. The summed E-state index contributed by atoms with van der Waals surface area (Å²) in [6.07, 6.45) is 9.22. The van der Waals surface area contributed by atoms with Crippen molar-refractivity contribution in [2.75, 3.05) is 27.2 Å². The summed E-state index contributed by atoms with van der Waals surface area (Å²) in [4.78, 5) is 2.27. The van der Waals surface area contributed by atoms with Crippen molar-refractivity contribution in [3.63, 3.8) is 0 Å². The van der Waals surface area contributed by atoms with Gasteiger partial charge in [0.2, 0.25) is 0 Å². The Labute approximate surface area is 147 Å². The zero-order valence-electron chi connectivity index (χ0n) is 15.6. The van der Waals surface area contributed by atoms with Crippen LogP contribution in [0, 0.1) is 5.92 Å². The zero-order chi connectivity index (χ0) is 17.2. The van der Waals surface area contributed by atoms with Gasteiger partial charge in [-0.25, -0.2) is 0 Å². The molecule has 0 spiro atoms. The van der Waals surface area contributed by atoms with Gasteiger partial charge in [-0.05, 0) is 69.3 Å². The van der Waals surface area contributed by atoms with Gasteiger partial charge in [0.1, 0.15) is 5.60 Å². The molecule has 2 unspecified atom stereocenters. The third-order valence-electron chi connectivity index (χ3n) is 5.43. The molecule has 24 heavy (non-hydrogen) atoms. The fourth-order valence-corrected chi connectivity index (χ4v) is 4.29. The number of rotatable bonds is 5. The second-order valence-electron chi connectivity index (χ2n) is 7.53. The first kappa shape index (κ1) is 17.4. The predicted molar refractivity (Wildman–Crippen MR) is 101 cm³/mol. The number of benzene rings is 1. The Balaban J connectivity index is 2.16. The summed E-state index contributed by atoms with van der Waals surface area (Å²) >= 11 is 0. The van der Waals surface area contributed by atoms with Crippen LogP contribution in [0.1, 0.15) is 44.2 Å². The molecule has 2 heteroatoms. The lowest BCUT2D eigenvalue weighted by Gasteiger charge is -2.39. The van der Waals surface area contributed by atoms with Crippen LogP contribution in [0.5, 0.6) is 0 Å². The average Bonchev–Trinajstić information content (AvgIpc) is 2.69. The molecule has 0 saturated carbocycles. The first-order chi connectivity index (χ1) is 11.6. The second-order valence-corrected chi connectivity index (χ2v) is 7.53. The molecule has 130 valence electrons. The summed E-state index contributed by atoms with van der Waals surface area (Å²) in [5.74, 6) is 0.637. The Morgan fingerprint density at radius 2 is 2.00 bits per heavy atom. The van der Waals surface area contributed by atoms with Gasteiger partial charge in [0, 0.05) is 13.2 Å². The molecule has 1 aromatic carbocycles. The fourth-order valence-electron chi connectivity index (χ4n) is 4.29. The number of fused-ring (bicyclic) bond motifs is 1. The van der Waals surface area contributed by atoms with E-state index in [0.717, 1.165) is 32.4 Å². The van der Waals surface area contributed by atoms with E-state index in [2.05, 4.69) is 69.3 Å². The number of hydrogen-bond acceptors (Lipinski definition) is 2. The van der Waals surface area contributed by atoms with E-state index >= 15 is 0 Å². The molecule has 0 aromatic heterocycles. The maximum atomic E-state index is 6.60. The highest BCUT2D eigenvalue weighted by Gasteiger charge is 2.41. The van der Waals surface area contributed by atoms with Gasteiger partial charge in [0.25, 0.3) is 0 Å². The van der Waals surface area contributed by atoms with Crippen molar-refractivity contribution in [3.8, 4) is 0 Å². The number of ether oxygens (including phenoxy) is 1. The van der Waals surface area contributed by atoms with E-state index < -0.39 is 0 Å². The third kappa shape index (κ3) is 3.22. The van der Waals surface area contributed by atoms with Crippen molar-refractivity contribution < 1.29 is 4.74 Å². The van der Waals surface area contributed by atoms with Gasteiger partial charge >= 0.3 is 0 Å². The lowest BCUT2D eigenvalue weighted by molar-refractivity contribution is -0.0233. The molecule has 0 aliphatic heterocycles. The minimum atomic E-state index is -0.294. The molecular formula is C22H31NO. The molecule has 0 bridgehead atoms. The molecular weight excluding hydrogens is 294 g/mol. The molecule has 0 fully saturated rings. The van der Waals surface area contributed by atoms with Crippen LogP contribution in [0.2, 0.25) is 0 Å². The molecule has 0 heterocycles. The molecule has 3 rings (SSSR count). The first-order valence-corrected chi connectivity index (χ1v) is 9.34. The van der Waals surface area contributed by atoms with E-state index in [9.17, 15) is 0 Å². The molecule has 0 N–H and O–H groups in total. The fraction of sp³-hybridized carbons (Fsp3) is 0.545. The number of allylic oxidation sites excluding steroid dienone is 2. The van der Waals surface area contributed by atoms with Gasteiger partial charge in [-0.2, -0.15) is 0 Å². The zero-order valence-corrected chi connectivity index (χ0v) is 15.6. The van der Waals surface area contributed by atoms with E-state index in [-0.39, 0.29) is 5.60 Å². The molecule has 0 radical (unpaired) electrons. The van der Waals surface area contributed by atoms with Crippen molar-refractivity contribution in [1.82, 2.24) is 4.90 Å². The van der Waals surface area contributed by atoms with Gasteiger partial charge in [0.05, 0.1) is 0 Å². The van der Waals surface area contributed by atoms with Crippen molar-refractivity contribution in [3.05, 3.63) is 58.7 Å². The highest BCUT2D eigenvalue weighted by atomic mass is 16.5. The number of aryl methyl sites for hydroxylation is 1. The summed E-state index contributed by atoms with van der Waals surface area (Å²) < 4.78 is 6.60. The van der Waals surface area contributed by atoms with Crippen LogP contribution in [0.3, 0.4) is 0 Å². The minimum absolute atomic E-state index is 0.294. The highest BCUT2D eigenvalue weighted by Crippen LogP contribution is 2.47. The molecule has 2 nitrogen and oxygen atoms in total. The lowest BCUT2D eigenvalue weighted by atomic mass is 9.76. The van der Waals surface area contributed by atoms with Crippen LogP contribution >= 0.6 is 0 Å². The van der Waals surface area contributed by atoms with Crippen molar-refractivity contribution in [2.45, 2.75) is 45.1 Å². The first-order valence-electron chi connectivity index (χ1n) is 9.34. The molecule has 2 atom stereocenters. The highest BCUT2D eigenvalue weighted by molar-refractivity contribution is 5.49. The maximum Gasteiger partial charge on any atom is 0.119 e. The molecule has 2 aliphatic rings. The summed E-state index contributed by atoms with van der Waals surface area (Å²) in [7, 11) is 4.30. The van der Waals surface area contributed by atoms with E-state index in [1.165, 1.54) is 23.1 Å². The van der Waals surface area contributed by atoms with Crippen molar-refractivity contribution in [1.29, 1.82) is 0 Å². The molecule has 2 aliphatic carbocycles. The third-order valence-corrected chi connectivity index (χ3v) is 5.43. The molecule has 0 amide bonds. The predicted octanol–water partition coefficient (Wildman–Crippen LogP) is 4.71. The molecule has 1 aromatic rings. The van der Waals surface area contributed by atoms with Gasteiger partial charge in [-0.3, -0.25) is 0 Å². The quantitative estimate of drug-likeness (QED) is 0.777. The van der Waals surface area contributed by atoms with Gasteiger partial charge in [-0.15, -0.1) is 0 Å². The summed E-state index contributed by atoms with van der Waals surface area (Å²) in [6, 6.07) is 8.93. The lowest BCUT2D eigenvalue weighted by Crippen LogP contribution is -2.37. The van der Waals surface area contributed by atoms with Crippen LogP contribution in [0.4, 0.5) is 0 Å². The van der Waals surface area contributed by atoms with Gasteiger partial charge in [0.15, 0.2) is 0 Å². The Hall–Kier alpha value is -1.38. The monoisotopic (exact) mass is 325 g/mol. The Morgan fingerprint density at radius 1 is 1.21 bits per heavy atom. The SMILES string of the molecule is CCOC1(CCN(C)C)C2=C(CCc3ccccc31)CC(C)C=C2. The Bertz CT molecular complexity index is 643. The van der Waals surface area contributed by atoms with Crippen molar-refractivity contribution >= 4 is 0 Å². The van der Waals surface area contributed by atoms with E-state index in [4.69, 9.17) is 4.74 Å². The summed E-state index contributed by atoms with van der Waals surface area (Å²) in [6.45, 7) is 6.21. The largest absolute Gasteiger partial charge is 0.366 e. The van der Waals surface area contributed by atoms with E-state index in [1.807, 2.05) is 0 Å². The normalized spacial score (nSPS) is 26.3. The van der Waals surface area contributed by atoms with E-state index in [0.29, 0.717) is 5.92 Å². The summed E-state index contributed by atoms with van der Waals surface area (Å²) in [5.41, 5.74) is 5.60. The van der Waals surface area contributed by atoms with Crippen molar-refractivity contribution in [2.24, 2.45) is 5.92 Å². The summed E-state index contributed by atoms with van der Waals surface area (Å²) in [5, 5.41) is 0. The Morgan fingerprint density at radius 3 is 2.75 bits per heavy atom. The van der Waals surface area contributed by atoms with E-state index in [1.54, 1.807) is 5.57 Å². The standard InChI is InChI=1S/C22H31NO/c1-5-24-22(14-15-23(3)4)20-9-7-6-8-18(20)11-12-19-16-17(2)10-13-21(19)22/h6-10,13,17H,5,11-12,14-16H2,1-4H3. The van der Waals surface area contributed by atoms with Crippen LogP contribution in [0.15, 0.2) is 47.6 Å². The van der Waals surface area contributed by atoms with Gasteiger partial charge in [-0.1, -0.05) is 48.9 Å². The Kier molecular flexibility index (Phi) is 5.27. The number of hydrogen-bond donors (Lipinski definition) is 0. The minimum Gasteiger partial charge on any atom is -0.366 e. The van der Waals surface area contributed by atoms with Crippen LogP contribution in [-0.2, 0) is 16.8 Å².